The smallest absolute Gasteiger partial charge is 0.335 e. The van der Waals surface area contributed by atoms with Crippen molar-refractivity contribution in [1.82, 2.24) is 9.78 Å². The maximum absolute atomic E-state index is 11.4. The van der Waals surface area contributed by atoms with Gasteiger partial charge in [0.15, 0.2) is 12.2 Å². The molecule has 35 heavy (non-hydrogen) atoms. The Labute approximate surface area is 203 Å². The van der Waals surface area contributed by atoms with Gasteiger partial charge < -0.3 is 34.4 Å². The molecular weight excluding hydrogens is 454 g/mol. The minimum Gasteiger partial charge on any atom is -0.479 e. The highest BCUT2D eigenvalue weighted by atomic mass is 16.6. The molecule has 0 amide bonds. The van der Waals surface area contributed by atoms with Gasteiger partial charge in [-0.05, 0) is 17.7 Å². The van der Waals surface area contributed by atoms with Crippen molar-refractivity contribution in [2.24, 2.45) is 0 Å². The second kappa shape index (κ2) is 10.3. The quantitative estimate of drug-likeness (QED) is 0.258. The van der Waals surface area contributed by atoms with Gasteiger partial charge in [0, 0.05) is 6.42 Å². The van der Waals surface area contributed by atoms with Crippen LogP contribution in [0.2, 0.25) is 0 Å². The van der Waals surface area contributed by atoms with Crippen LogP contribution in [0, 0.1) is 0 Å². The molecule has 10 heteroatoms. The van der Waals surface area contributed by atoms with E-state index in [0.717, 1.165) is 16.5 Å². The second-order valence-corrected chi connectivity index (χ2v) is 9.43. The largest absolute Gasteiger partial charge is 0.479 e. The van der Waals surface area contributed by atoms with E-state index in [1.807, 2.05) is 59.3 Å². The highest BCUT2D eigenvalue weighted by Gasteiger charge is 2.52. The van der Waals surface area contributed by atoms with Gasteiger partial charge in [-0.1, -0.05) is 42.5 Å². The van der Waals surface area contributed by atoms with Crippen LogP contribution in [0.1, 0.15) is 12.0 Å². The first-order valence-electron chi connectivity index (χ1n) is 11.6. The normalized spacial score (nSPS) is 25.0. The standard InChI is InChI=1S/C25H31N3O7/c1-28(2,24-21(31)19(29)20(30)22(35-24)25(32)33)13-8-14-34-23-17-11-6-7-12-18(17)27(26-23)15-16-9-4-3-5-10-16/h3-7,9-12,19-22,24,29-31H,8,13-15H2,1-2H3/p+1. The number of para-hydroxylation sites is 1. The maximum Gasteiger partial charge on any atom is 0.335 e. The minimum atomic E-state index is -1.71. The second-order valence-electron chi connectivity index (χ2n) is 9.43. The fraction of sp³-hybridized carbons (Fsp3) is 0.440. The van der Waals surface area contributed by atoms with E-state index in [9.17, 15) is 25.2 Å². The molecule has 10 nitrogen and oxygen atoms in total. The number of carboxylic acid groups (broad SMARTS) is 1. The van der Waals surface area contributed by atoms with Crippen molar-refractivity contribution >= 4 is 16.9 Å². The summed E-state index contributed by atoms with van der Waals surface area (Å²) in [5.41, 5.74) is 2.10. The number of carboxylic acids is 1. The lowest BCUT2D eigenvalue weighted by molar-refractivity contribution is -0.944. The van der Waals surface area contributed by atoms with Crippen molar-refractivity contribution in [1.29, 1.82) is 0 Å². The number of benzene rings is 2. The van der Waals surface area contributed by atoms with Crippen molar-refractivity contribution in [2.45, 2.75) is 43.6 Å². The fourth-order valence-corrected chi connectivity index (χ4v) is 4.49. The number of ether oxygens (including phenoxy) is 2. The van der Waals surface area contributed by atoms with E-state index in [-0.39, 0.29) is 4.48 Å². The number of aliphatic hydroxyl groups excluding tert-OH is 3. The molecule has 2 heterocycles. The number of carbonyl (C=O) groups is 1. The van der Waals surface area contributed by atoms with Gasteiger partial charge in [0.2, 0.25) is 12.1 Å². The summed E-state index contributed by atoms with van der Waals surface area (Å²) in [6.45, 7) is 1.41. The van der Waals surface area contributed by atoms with Crippen LogP contribution >= 0.6 is 0 Å². The zero-order valence-corrected chi connectivity index (χ0v) is 19.8. The Hall–Kier alpha value is -3.02. The molecule has 1 aliphatic heterocycles. The van der Waals surface area contributed by atoms with E-state index in [4.69, 9.17) is 9.47 Å². The number of aromatic nitrogens is 2. The lowest BCUT2D eigenvalue weighted by Gasteiger charge is -2.46. The van der Waals surface area contributed by atoms with Gasteiger partial charge in [0.1, 0.15) is 12.2 Å². The lowest BCUT2D eigenvalue weighted by Crippen LogP contribution is -2.68. The van der Waals surface area contributed by atoms with Crippen LogP contribution in [-0.4, -0.2) is 98.5 Å². The fourth-order valence-electron chi connectivity index (χ4n) is 4.49. The topological polar surface area (TPSA) is 134 Å². The van der Waals surface area contributed by atoms with Crippen LogP contribution in [0.25, 0.3) is 10.9 Å². The zero-order valence-electron chi connectivity index (χ0n) is 19.8. The molecule has 1 aromatic heterocycles. The summed E-state index contributed by atoms with van der Waals surface area (Å²) in [5.74, 6) is -0.866. The van der Waals surface area contributed by atoms with E-state index < -0.39 is 36.6 Å². The Morgan fingerprint density at radius 3 is 2.43 bits per heavy atom. The number of fused-ring (bicyclic) bond motifs is 1. The third-order valence-corrected chi connectivity index (χ3v) is 6.44. The average Bonchev–Trinajstić information content (AvgIpc) is 3.18. The van der Waals surface area contributed by atoms with Gasteiger partial charge in [-0.25, -0.2) is 4.79 Å². The number of aliphatic carboxylic acids is 1. The first kappa shape index (κ1) is 25.1. The molecule has 5 atom stereocenters. The molecule has 1 aliphatic rings. The van der Waals surface area contributed by atoms with Gasteiger partial charge in [-0.15, -0.1) is 5.10 Å². The summed E-state index contributed by atoms with van der Waals surface area (Å²) in [5, 5.41) is 45.4. The molecule has 5 unspecified atom stereocenters. The molecular formula is C25H32N3O7+. The molecule has 0 radical (unpaired) electrons. The molecule has 2 aromatic carbocycles. The summed E-state index contributed by atoms with van der Waals surface area (Å²) in [7, 11) is 3.53. The zero-order chi connectivity index (χ0) is 25.2. The van der Waals surface area contributed by atoms with Gasteiger partial charge in [0.05, 0.1) is 44.7 Å². The van der Waals surface area contributed by atoms with Crippen LogP contribution in [-0.2, 0) is 16.1 Å². The van der Waals surface area contributed by atoms with Crippen LogP contribution < -0.4 is 4.74 Å². The van der Waals surface area contributed by atoms with Crippen LogP contribution in [0.3, 0.4) is 0 Å². The number of nitrogens with zero attached hydrogens (tertiary/aromatic N) is 3. The highest BCUT2D eigenvalue weighted by Crippen LogP contribution is 2.28. The van der Waals surface area contributed by atoms with Crippen molar-refractivity contribution in [2.75, 3.05) is 27.2 Å². The van der Waals surface area contributed by atoms with Crippen LogP contribution in [0.15, 0.2) is 54.6 Å². The Morgan fingerprint density at radius 2 is 1.71 bits per heavy atom. The Kier molecular flexibility index (Phi) is 7.39. The lowest BCUT2D eigenvalue weighted by atomic mass is 9.96. The molecule has 188 valence electrons. The van der Waals surface area contributed by atoms with E-state index >= 15 is 0 Å². The third kappa shape index (κ3) is 5.31. The summed E-state index contributed by atoms with van der Waals surface area (Å²) >= 11 is 0. The molecule has 3 aromatic rings. The molecule has 1 saturated heterocycles. The molecule has 4 rings (SSSR count). The van der Waals surface area contributed by atoms with E-state index in [2.05, 4.69) is 5.10 Å². The van der Waals surface area contributed by atoms with Crippen LogP contribution in [0.4, 0.5) is 0 Å². The number of rotatable bonds is 9. The molecule has 0 bridgehead atoms. The molecule has 0 saturated carbocycles. The van der Waals surface area contributed by atoms with E-state index in [1.54, 1.807) is 14.1 Å². The highest BCUT2D eigenvalue weighted by molar-refractivity contribution is 5.84. The minimum absolute atomic E-state index is 0.0707. The third-order valence-electron chi connectivity index (χ3n) is 6.44. The average molecular weight is 487 g/mol. The van der Waals surface area contributed by atoms with Crippen molar-refractivity contribution in [3.05, 3.63) is 60.2 Å². The molecule has 1 fully saturated rings. The number of quaternary nitrogens is 1. The predicted octanol–water partition coefficient (Wildman–Crippen LogP) is 0.822. The first-order chi connectivity index (χ1) is 16.7. The van der Waals surface area contributed by atoms with Crippen molar-refractivity contribution in [3.8, 4) is 5.88 Å². The van der Waals surface area contributed by atoms with Gasteiger partial charge in [-0.3, -0.25) is 4.68 Å². The maximum atomic E-state index is 11.4. The summed E-state index contributed by atoms with van der Waals surface area (Å²) < 4.78 is 13.5. The monoisotopic (exact) mass is 486 g/mol. The predicted molar refractivity (Wildman–Crippen MR) is 127 cm³/mol. The van der Waals surface area contributed by atoms with E-state index in [1.165, 1.54) is 0 Å². The number of likely N-dealkylation sites (N-methyl/N-ethyl adjacent to an activating group) is 1. The number of aliphatic hydroxyl groups is 3. The molecule has 0 spiro atoms. The van der Waals surface area contributed by atoms with Crippen molar-refractivity contribution < 1.29 is 39.2 Å². The Morgan fingerprint density at radius 1 is 1.03 bits per heavy atom. The SMILES string of the molecule is C[N+](C)(CCCOc1nn(Cc2ccccc2)c2ccccc12)C1OC(C(=O)O)C(O)C(O)C1O. The first-order valence-corrected chi connectivity index (χ1v) is 11.6. The number of hydrogen-bond acceptors (Lipinski definition) is 7. The van der Waals surface area contributed by atoms with Crippen LogP contribution in [0.5, 0.6) is 5.88 Å². The summed E-state index contributed by atoms with van der Waals surface area (Å²) in [6.07, 6.45) is -6.86. The summed E-state index contributed by atoms with van der Waals surface area (Å²) in [4.78, 5) is 11.4. The Bertz CT molecular complexity index is 1150. The number of hydrogen-bond donors (Lipinski definition) is 4. The Balaban J connectivity index is 1.40. The molecule has 0 aliphatic carbocycles. The van der Waals surface area contributed by atoms with Gasteiger partial charge >= 0.3 is 5.97 Å². The molecule has 4 N–H and O–H groups in total. The van der Waals surface area contributed by atoms with Gasteiger partial charge in [-0.2, -0.15) is 0 Å². The van der Waals surface area contributed by atoms with E-state index in [0.29, 0.717) is 32.0 Å². The summed E-state index contributed by atoms with van der Waals surface area (Å²) in [6, 6.07) is 17.9. The van der Waals surface area contributed by atoms with Crippen molar-refractivity contribution in [3.63, 3.8) is 0 Å². The van der Waals surface area contributed by atoms with Gasteiger partial charge in [0.25, 0.3) is 0 Å².